The monoisotopic (exact) mass is 313 g/mol. The van der Waals surface area contributed by atoms with E-state index in [0.29, 0.717) is 17.0 Å². The lowest BCUT2D eigenvalue weighted by molar-refractivity contribution is -0.118. The highest BCUT2D eigenvalue weighted by Crippen LogP contribution is 2.13. The summed E-state index contributed by atoms with van der Waals surface area (Å²) in [5.74, 6) is 0.688. The minimum absolute atomic E-state index is 0.00364. The number of carbonyl (C=O) groups excluding carboxylic acids is 1. The summed E-state index contributed by atoms with van der Waals surface area (Å²) >= 11 is 7.47. The molecule has 0 aromatic heterocycles. The van der Waals surface area contributed by atoms with Crippen LogP contribution in [0, 0.1) is 0 Å². The fraction of sp³-hybridized carbons (Fsp3) is 0.400. The molecule has 0 saturated carbocycles. The quantitative estimate of drug-likeness (QED) is 0.761. The first-order valence-electron chi connectivity index (χ1n) is 6.41. The second-order valence-electron chi connectivity index (χ2n) is 4.52. The Morgan fingerprint density at radius 2 is 2.10 bits per heavy atom. The van der Waals surface area contributed by atoms with Crippen LogP contribution in [-0.4, -0.2) is 35.7 Å². The number of aliphatic hydroxyl groups is 1. The molecule has 1 aromatic rings. The molecule has 20 heavy (non-hydrogen) atoms. The molecule has 0 spiro atoms. The first kappa shape index (κ1) is 17.1. The maximum Gasteiger partial charge on any atom is 0.247 e. The lowest BCUT2D eigenvalue weighted by atomic mass is 10.1. The zero-order valence-electron chi connectivity index (χ0n) is 11.7. The van der Waals surface area contributed by atoms with Crippen LogP contribution in [0.5, 0.6) is 0 Å². The number of benzene rings is 1. The highest BCUT2D eigenvalue weighted by Gasteiger charge is 2.12. The molecule has 0 aliphatic rings. The number of hydrogen-bond acceptors (Lipinski definition) is 3. The Bertz CT molecular complexity index is 453. The van der Waals surface area contributed by atoms with Crippen molar-refractivity contribution in [2.45, 2.75) is 19.4 Å². The van der Waals surface area contributed by atoms with Crippen molar-refractivity contribution < 1.29 is 9.90 Å². The molecule has 2 N–H and O–H groups in total. The molecule has 0 saturated heterocycles. The lowest BCUT2D eigenvalue weighted by Gasteiger charge is -2.16. The molecule has 1 aromatic carbocycles. The van der Waals surface area contributed by atoms with Gasteiger partial charge in [-0.1, -0.05) is 23.7 Å². The third kappa shape index (κ3) is 5.99. The number of hydrogen-bond donors (Lipinski definition) is 2. The van der Waals surface area contributed by atoms with E-state index in [2.05, 4.69) is 5.32 Å². The minimum Gasteiger partial charge on any atom is -0.396 e. The molecule has 0 aliphatic carbocycles. The van der Waals surface area contributed by atoms with Gasteiger partial charge in [0.15, 0.2) is 0 Å². The van der Waals surface area contributed by atoms with Crippen LogP contribution in [0.2, 0.25) is 5.02 Å². The number of nitrogens with one attached hydrogen (secondary N) is 1. The Balaban J connectivity index is 2.67. The third-order valence-electron chi connectivity index (χ3n) is 2.79. The van der Waals surface area contributed by atoms with E-state index in [9.17, 15) is 4.79 Å². The van der Waals surface area contributed by atoms with Crippen LogP contribution in [0.4, 0.5) is 0 Å². The van der Waals surface area contributed by atoms with Crippen LogP contribution in [-0.2, 0) is 4.79 Å². The van der Waals surface area contributed by atoms with Gasteiger partial charge in [-0.3, -0.25) is 4.79 Å². The van der Waals surface area contributed by atoms with Gasteiger partial charge in [0, 0.05) is 29.0 Å². The maximum absolute atomic E-state index is 12.1. The van der Waals surface area contributed by atoms with E-state index in [1.54, 1.807) is 30.8 Å². The Hall–Kier alpha value is -0.970. The van der Waals surface area contributed by atoms with Crippen LogP contribution in [0.1, 0.15) is 18.9 Å². The normalized spacial score (nSPS) is 13.1. The molecule has 3 nitrogen and oxygen atoms in total. The Morgan fingerprint density at radius 3 is 2.65 bits per heavy atom. The molecule has 1 amide bonds. The van der Waals surface area contributed by atoms with Gasteiger partial charge in [0.25, 0.3) is 0 Å². The average molecular weight is 314 g/mol. The highest BCUT2D eigenvalue weighted by molar-refractivity contribution is 7.98. The zero-order valence-corrected chi connectivity index (χ0v) is 13.3. The molecule has 5 heteroatoms. The van der Waals surface area contributed by atoms with E-state index < -0.39 is 0 Å². The third-order valence-corrected chi connectivity index (χ3v) is 3.78. The van der Waals surface area contributed by atoms with Gasteiger partial charge in [-0.25, -0.2) is 0 Å². The summed E-state index contributed by atoms with van der Waals surface area (Å²) in [7, 11) is 0. The number of rotatable bonds is 7. The van der Waals surface area contributed by atoms with Gasteiger partial charge < -0.3 is 10.4 Å². The molecule has 0 bridgehead atoms. The molecule has 1 rings (SSSR count). The van der Waals surface area contributed by atoms with Gasteiger partial charge in [0.1, 0.15) is 0 Å². The fourth-order valence-electron chi connectivity index (χ4n) is 1.73. The largest absolute Gasteiger partial charge is 0.396 e. The van der Waals surface area contributed by atoms with E-state index in [1.807, 2.05) is 24.5 Å². The van der Waals surface area contributed by atoms with Crippen LogP contribution in [0.3, 0.4) is 0 Å². The number of thioether (sulfide) groups is 1. The summed E-state index contributed by atoms with van der Waals surface area (Å²) in [6.45, 7) is 1.85. The summed E-state index contributed by atoms with van der Waals surface area (Å²) in [6, 6.07) is 7.32. The number of aliphatic hydroxyl groups excluding tert-OH is 1. The smallest absolute Gasteiger partial charge is 0.247 e. The Morgan fingerprint density at radius 1 is 1.45 bits per heavy atom. The standard InChI is InChI=1S/C15H20ClNO2S/c1-11(9-12-3-5-13(16)6-4-12)15(19)17-14(7-8-18)10-20-2/h3-6,9,14,18H,7-8,10H2,1-2H3,(H,17,19)/b11-9+. The van der Waals surface area contributed by atoms with Crippen molar-refractivity contribution in [2.75, 3.05) is 18.6 Å². The number of carbonyl (C=O) groups is 1. The Kier molecular flexibility index (Phi) is 7.73. The van der Waals surface area contributed by atoms with Gasteiger partial charge >= 0.3 is 0 Å². The van der Waals surface area contributed by atoms with Crippen molar-refractivity contribution >= 4 is 35.3 Å². The SMILES string of the molecule is CSCC(CCO)NC(=O)/C(C)=C/c1ccc(Cl)cc1. The highest BCUT2D eigenvalue weighted by atomic mass is 35.5. The van der Waals surface area contributed by atoms with Crippen LogP contribution >= 0.6 is 23.4 Å². The van der Waals surface area contributed by atoms with Crippen molar-refractivity contribution in [1.82, 2.24) is 5.32 Å². The first-order valence-corrected chi connectivity index (χ1v) is 8.18. The van der Waals surface area contributed by atoms with E-state index in [1.165, 1.54) is 0 Å². The molecule has 1 unspecified atom stereocenters. The van der Waals surface area contributed by atoms with Crippen molar-refractivity contribution in [2.24, 2.45) is 0 Å². The van der Waals surface area contributed by atoms with Crippen LogP contribution < -0.4 is 5.32 Å². The van der Waals surface area contributed by atoms with E-state index >= 15 is 0 Å². The van der Waals surface area contributed by atoms with Crippen molar-refractivity contribution in [3.63, 3.8) is 0 Å². The van der Waals surface area contributed by atoms with Crippen molar-refractivity contribution in [3.05, 3.63) is 40.4 Å². The second-order valence-corrected chi connectivity index (χ2v) is 5.86. The topological polar surface area (TPSA) is 49.3 Å². The van der Waals surface area contributed by atoms with Gasteiger partial charge in [0.05, 0.1) is 0 Å². The van der Waals surface area contributed by atoms with Gasteiger partial charge in [-0.05, 0) is 43.4 Å². The summed E-state index contributed by atoms with van der Waals surface area (Å²) in [6.07, 6.45) is 4.37. The Labute approximate surface area is 129 Å². The summed E-state index contributed by atoms with van der Waals surface area (Å²) in [5, 5.41) is 12.6. The molecular weight excluding hydrogens is 294 g/mol. The van der Waals surface area contributed by atoms with Crippen molar-refractivity contribution in [3.8, 4) is 0 Å². The van der Waals surface area contributed by atoms with Gasteiger partial charge in [-0.2, -0.15) is 11.8 Å². The summed E-state index contributed by atoms with van der Waals surface area (Å²) in [4.78, 5) is 12.1. The average Bonchev–Trinajstić information content (AvgIpc) is 2.42. The first-order chi connectivity index (χ1) is 9.56. The molecule has 0 radical (unpaired) electrons. The summed E-state index contributed by atoms with van der Waals surface area (Å²) in [5.41, 5.74) is 1.57. The van der Waals surface area contributed by atoms with E-state index in [4.69, 9.17) is 16.7 Å². The molecule has 0 fully saturated rings. The van der Waals surface area contributed by atoms with Crippen LogP contribution in [0.25, 0.3) is 6.08 Å². The second kappa shape index (κ2) is 9.06. The van der Waals surface area contributed by atoms with Crippen LogP contribution in [0.15, 0.2) is 29.8 Å². The predicted octanol–water partition coefficient (Wildman–Crippen LogP) is 2.97. The number of amides is 1. The van der Waals surface area contributed by atoms with E-state index in [0.717, 1.165) is 11.3 Å². The van der Waals surface area contributed by atoms with Gasteiger partial charge in [0.2, 0.25) is 5.91 Å². The minimum atomic E-state index is -0.104. The zero-order chi connectivity index (χ0) is 15.0. The molecule has 0 aliphatic heterocycles. The molecular formula is C15H20ClNO2S. The van der Waals surface area contributed by atoms with Crippen molar-refractivity contribution in [1.29, 1.82) is 0 Å². The number of halogens is 1. The predicted molar refractivity (Wildman–Crippen MR) is 87.1 cm³/mol. The van der Waals surface area contributed by atoms with Gasteiger partial charge in [-0.15, -0.1) is 0 Å². The van der Waals surface area contributed by atoms with E-state index in [-0.39, 0.29) is 18.6 Å². The maximum atomic E-state index is 12.1. The molecule has 110 valence electrons. The fourth-order valence-corrected chi connectivity index (χ4v) is 2.51. The lowest BCUT2D eigenvalue weighted by Crippen LogP contribution is -2.37. The molecule has 0 heterocycles. The molecule has 1 atom stereocenters. The summed E-state index contributed by atoms with van der Waals surface area (Å²) < 4.78 is 0.